The third kappa shape index (κ3) is 6.68. The molecule has 0 N–H and O–H groups in total. The molecular weight excluding hydrogens is 821 g/mol. The van der Waals surface area contributed by atoms with Crippen LogP contribution in [0.3, 0.4) is 0 Å². The van der Waals surface area contributed by atoms with E-state index in [0.717, 1.165) is 12.3 Å². The second-order valence-electron chi connectivity index (χ2n) is 17.7. The average molecular weight is 888 g/mol. The molecular formula is C39H66I2O3V. The predicted octanol–water partition coefficient (Wildman–Crippen LogP) is 12.2. The predicted molar refractivity (Wildman–Crippen MR) is 205 cm³/mol. The molecule has 0 saturated heterocycles. The summed E-state index contributed by atoms with van der Waals surface area (Å²) >= 11 is 4.74. The Morgan fingerprint density at radius 1 is 0.844 bits per heavy atom. The summed E-state index contributed by atoms with van der Waals surface area (Å²) in [5.41, 5.74) is 3.75. The van der Waals surface area contributed by atoms with Crippen molar-refractivity contribution in [3.05, 3.63) is 35.5 Å². The van der Waals surface area contributed by atoms with E-state index in [4.69, 9.17) is 14.2 Å². The van der Waals surface area contributed by atoms with Crippen molar-refractivity contribution < 1.29 is 23.7 Å². The van der Waals surface area contributed by atoms with Gasteiger partial charge in [0.1, 0.15) is 0 Å². The number of ether oxygens (including phenoxy) is 3. The van der Waals surface area contributed by atoms with Gasteiger partial charge in [-0.2, -0.15) is 0 Å². The van der Waals surface area contributed by atoms with Gasteiger partial charge < -0.3 is 14.2 Å². The first-order chi connectivity index (χ1) is 20.6. The molecule has 45 heavy (non-hydrogen) atoms. The zero-order valence-electron chi connectivity index (χ0n) is 31.4. The summed E-state index contributed by atoms with van der Waals surface area (Å²) < 4.78 is 17.8. The molecule has 4 aliphatic carbocycles. The first-order valence-electron chi connectivity index (χ1n) is 17.3. The number of hydrogen-bond acceptors (Lipinski definition) is 3. The molecule has 0 aromatic rings. The Labute approximate surface area is 307 Å². The molecule has 0 bridgehead atoms. The maximum atomic E-state index is 6.03. The quantitative estimate of drug-likeness (QED) is 0.124. The first-order valence-corrected chi connectivity index (χ1v) is 26.3. The number of hydrogen-bond donors (Lipinski definition) is 0. The van der Waals surface area contributed by atoms with E-state index in [9.17, 15) is 0 Å². The molecule has 2 fully saturated rings. The van der Waals surface area contributed by atoms with Gasteiger partial charge in [-0.25, -0.2) is 0 Å². The molecule has 0 spiro atoms. The molecule has 7 atom stereocenters. The summed E-state index contributed by atoms with van der Waals surface area (Å²) in [5.74, 6) is 2.12. The summed E-state index contributed by atoms with van der Waals surface area (Å²) in [6, 6.07) is 0. The van der Waals surface area contributed by atoms with Crippen LogP contribution in [0.2, 0.25) is 0 Å². The van der Waals surface area contributed by atoms with Crippen LogP contribution in [0.15, 0.2) is 35.5 Å². The second-order valence-corrected chi connectivity index (χ2v) is 29.5. The topological polar surface area (TPSA) is 27.7 Å². The normalized spacial score (nSPS) is 32.7. The monoisotopic (exact) mass is 887 g/mol. The third-order valence-corrected chi connectivity index (χ3v) is 15.7. The number of allylic oxidation sites excluding steroid dienone is 4. The number of fused-ring (bicyclic) bond motifs is 5. The van der Waals surface area contributed by atoms with Crippen LogP contribution >= 0.6 is 40.0 Å². The second kappa shape index (κ2) is 14.4. The molecule has 0 radical (unpaired) electrons. The summed E-state index contributed by atoms with van der Waals surface area (Å²) in [7, 11) is 6.04. The Balaban J connectivity index is 0.00000177. The minimum atomic E-state index is -0.670. The molecule has 0 aromatic carbocycles. The van der Waals surface area contributed by atoms with Crippen LogP contribution < -0.4 is 0 Å². The van der Waals surface area contributed by atoms with Gasteiger partial charge in [-0.05, 0) is 90.8 Å². The van der Waals surface area contributed by atoms with Gasteiger partial charge in [0, 0.05) is 32.2 Å². The Bertz CT molecular complexity index is 1130. The van der Waals surface area contributed by atoms with E-state index in [1.54, 1.807) is 25.4 Å². The van der Waals surface area contributed by atoms with Crippen molar-refractivity contribution in [2.24, 2.45) is 56.2 Å². The summed E-state index contributed by atoms with van der Waals surface area (Å²) in [6.07, 6.45) is 17.7. The molecule has 0 heterocycles. The fraction of sp³-hybridized carbons (Fsp3) is 0.846. The van der Waals surface area contributed by atoms with E-state index in [1.807, 2.05) is 7.11 Å². The molecule has 4 aliphatic rings. The van der Waals surface area contributed by atoms with E-state index in [0.29, 0.717) is 32.6 Å². The van der Waals surface area contributed by atoms with Crippen LogP contribution in [0.25, 0.3) is 0 Å². The van der Waals surface area contributed by atoms with Crippen LogP contribution in [0, 0.1) is 56.2 Å². The van der Waals surface area contributed by atoms with Gasteiger partial charge >= 0.3 is 49.4 Å². The zero-order valence-corrected chi connectivity index (χ0v) is 37.1. The number of methoxy groups -OCH3 is 3. The van der Waals surface area contributed by atoms with E-state index >= 15 is 0 Å². The van der Waals surface area contributed by atoms with Gasteiger partial charge in [-0.15, -0.1) is 0 Å². The Hall–Kier alpha value is 1.14. The summed E-state index contributed by atoms with van der Waals surface area (Å²) in [4.78, 5) is 0. The van der Waals surface area contributed by atoms with Crippen LogP contribution in [0.4, 0.5) is 0 Å². The molecule has 6 heteroatoms. The minimum absolute atomic E-state index is 0.0295. The van der Waals surface area contributed by atoms with Gasteiger partial charge in [0.25, 0.3) is 0 Å². The Kier molecular flexibility index (Phi) is 13.0. The number of halogens is 2. The van der Waals surface area contributed by atoms with Crippen LogP contribution in [-0.2, 0) is 23.7 Å². The molecule has 0 amide bonds. The summed E-state index contributed by atoms with van der Waals surface area (Å²) in [6.45, 7) is 29.5. The fourth-order valence-corrected chi connectivity index (χ4v) is 10.7. The van der Waals surface area contributed by atoms with Crippen molar-refractivity contribution in [2.45, 2.75) is 134 Å². The van der Waals surface area contributed by atoms with Crippen molar-refractivity contribution >= 4 is 40.0 Å². The van der Waals surface area contributed by atoms with E-state index in [1.165, 1.54) is 32.1 Å². The Morgan fingerprint density at radius 3 is 1.96 bits per heavy atom. The third-order valence-electron chi connectivity index (χ3n) is 15.7. The molecule has 0 aromatic heterocycles. The molecule has 259 valence electrons. The van der Waals surface area contributed by atoms with Crippen molar-refractivity contribution in [1.82, 2.24) is 0 Å². The summed E-state index contributed by atoms with van der Waals surface area (Å²) in [5, 5.41) is 0. The first kappa shape index (κ1) is 40.6. The SMILES string of the molecule is COC1C=C[C@@]2(C)C(=CC=C3C4CCC(C(C)CC(C)(C)C(C)(C)C(C)(C)C(C)(C)C(C)(OC)OC)[C@@]4(C)CCC32)C1.[I][V][I]. The van der Waals surface area contributed by atoms with Gasteiger partial charge in [0.05, 0.1) is 6.10 Å². The average Bonchev–Trinajstić information content (AvgIpc) is 3.33. The van der Waals surface area contributed by atoms with E-state index in [-0.39, 0.29) is 33.2 Å². The van der Waals surface area contributed by atoms with E-state index < -0.39 is 5.79 Å². The van der Waals surface area contributed by atoms with Gasteiger partial charge in [-0.1, -0.05) is 112 Å². The van der Waals surface area contributed by atoms with Gasteiger partial charge in [-0.3, -0.25) is 0 Å². The van der Waals surface area contributed by atoms with Gasteiger partial charge in [0.2, 0.25) is 0 Å². The van der Waals surface area contributed by atoms with Crippen molar-refractivity contribution in [1.29, 1.82) is 0 Å². The molecule has 0 aliphatic heterocycles. The van der Waals surface area contributed by atoms with E-state index in [2.05, 4.69) is 147 Å². The molecule has 4 rings (SSSR count). The Morgan fingerprint density at radius 2 is 1.42 bits per heavy atom. The van der Waals surface area contributed by atoms with Crippen molar-refractivity contribution in [2.75, 3.05) is 21.3 Å². The standard InChI is InChI=1S/C39H66O3.2HI.V/c1-26(25-33(2,3)34(4,5)35(6,7)36(8,9)39(12,41-14)42-15)30-18-19-31-29-17-16-27-24-28(40-13)20-22-37(27,10)32(29)21-23-38(30,31)11;;;/h16-17,20,22,26,28,30-32H,18-19,21,23-25H2,1-15H3;2*1H;/q;;;+2/p-2/t26?,28?,30?,31?,32?,37-,38+;;;/m0.../s1. The van der Waals surface area contributed by atoms with Crippen LogP contribution in [0.5, 0.6) is 0 Å². The molecule has 5 unspecified atom stereocenters. The van der Waals surface area contributed by atoms with Crippen LogP contribution in [0.1, 0.15) is 122 Å². The van der Waals surface area contributed by atoms with Crippen LogP contribution in [-0.4, -0.2) is 33.2 Å². The van der Waals surface area contributed by atoms with Gasteiger partial charge in [0.15, 0.2) is 5.79 Å². The molecule has 3 nitrogen and oxygen atoms in total. The van der Waals surface area contributed by atoms with Crippen molar-refractivity contribution in [3.63, 3.8) is 0 Å². The van der Waals surface area contributed by atoms with Crippen molar-refractivity contribution in [3.8, 4) is 0 Å². The fourth-order valence-electron chi connectivity index (χ4n) is 10.7. The maximum absolute atomic E-state index is 6.03. The number of rotatable bonds is 10. The zero-order chi connectivity index (χ0) is 34.4. The molecule has 2 saturated carbocycles.